The number of hydrogen-bond acceptors (Lipinski definition) is 2. The molecule has 0 aliphatic carbocycles. The van der Waals surface area contributed by atoms with Crippen LogP contribution in [0.5, 0.6) is 0 Å². The molecular weight excluding hydrogens is 246 g/mol. The fourth-order valence-corrected chi connectivity index (χ4v) is 2.40. The molecule has 0 amide bonds. The number of unbranched alkanes of at least 4 members (excludes halogenated alkanes) is 1. The maximum Gasteiger partial charge on any atom is 0.0645 e. The highest BCUT2D eigenvalue weighted by atomic mass is 15.3. The van der Waals surface area contributed by atoms with Crippen LogP contribution in [0.1, 0.15) is 51.6 Å². The summed E-state index contributed by atoms with van der Waals surface area (Å²) in [6.45, 7) is 6.70. The number of hydrogen-bond donors (Lipinski definition) is 1. The first-order valence-corrected chi connectivity index (χ1v) is 7.56. The number of nitrogens with one attached hydrogen (secondary N) is 1. The van der Waals surface area contributed by atoms with Crippen molar-refractivity contribution in [1.82, 2.24) is 15.1 Å². The molecule has 1 N–H and O–H groups in total. The number of aromatic nitrogens is 2. The van der Waals surface area contributed by atoms with Crippen molar-refractivity contribution in [2.75, 3.05) is 0 Å². The number of benzene rings is 1. The standard InChI is InChI=1S/C17H25N3/c1-4-5-9-14(2)19-15(3)16-12-18-20(13-16)17-10-7-6-8-11-17/h6-8,10-15,19H,4-5,9H2,1-3H3. The van der Waals surface area contributed by atoms with Crippen molar-refractivity contribution >= 4 is 0 Å². The number of nitrogens with zero attached hydrogens (tertiary/aromatic N) is 2. The number of para-hydroxylation sites is 1. The molecule has 0 spiro atoms. The molecule has 2 unspecified atom stereocenters. The van der Waals surface area contributed by atoms with Gasteiger partial charge in [0, 0.05) is 23.8 Å². The van der Waals surface area contributed by atoms with Gasteiger partial charge in [-0.3, -0.25) is 0 Å². The third-order valence-electron chi connectivity index (χ3n) is 3.65. The highest BCUT2D eigenvalue weighted by molar-refractivity contribution is 5.31. The molecule has 3 heteroatoms. The van der Waals surface area contributed by atoms with Gasteiger partial charge in [0.2, 0.25) is 0 Å². The zero-order valence-electron chi connectivity index (χ0n) is 12.7. The van der Waals surface area contributed by atoms with Gasteiger partial charge in [-0.05, 0) is 32.4 Å². The molecule has 0 bridgehead atoms. The molecule has 0 fully saturated rings. The van der Waals surface area contributed by atoms with Crippen molar-refractivity contribution in [1.29, 1.82) is 0 Å². The molecule has 2 rings (SSSR count). The molecule has 1 heterocycles. The van der Waals surface area contributed by atoms with E-state index in [0.717, 1.165) is 5.69 Å². The van der Waals surface area contributed by atoms with Crippen molar-refractivity contribution in [3.05, 3.63) is 48.3 Å². The normalized spacial score (nSPS) is 14.2. The van der Waals surface area contributed by atoms with Crippen LogP contribution in [0.25, 0.3) is 5.69 Å². The molecule has 0 saturated carbocycles. The lowest BCUT2D eigenvalue weighted by atomic mass is 10.1. The summed E-state index contributed by atoms with van der Waals surface area (Å²) in [4.78, 5) is 0. The third kappa shape index (κ3) is 3.94. The summed E-state index contributed by atoms with van der Waals surface area (Å²) in [6, 6.07) is 11.1. The molecule has 0 saturated heterocycles. The first kappa shape index (κ1) is 14.8. The lowest BCUT2D eigenvalue weighted by Gasteiger charge is -2.18. The van der Waals surface area contributed by atoms with Crippen LogP contribution in [0.2, 0.25) is 0 Å². The summed E-state index contributed by atoms with van der Waals surface area (Å²) in [7, 11) is 0. The lowest BCUT2D eigenvalue weighted by Crippen LogP contribution is -2.28. The summed E-state index contributed by atoms with van der Waals surface area (Å²) in [5, 5.41) is 8.10. The van der Waals surface area contributed by atoms with Crippen molar-refractivity contribution in [2.24, 2.45) is 0 Å². The second-order valence-corrected chi connectivity index (χ2v) is 5.49. The molecule has 20 heavy (non-hydrogen) atoms. The minimum atomic E-state index is 0.333. The molecule has 3 nitrogen and oxygen atoms in total. The van der Waals surface area contributed by atoms with Crippen LogP contribution >= 0.6 is 0 Å². The molecule has 2 aromatic rings. The van der Waals surface area contributed by atoms with E-state index in [-0.39, 0.29) is 0 Å². The Morgan fingerprint density at radius 3 is 2.65 bits per heavy atom. The largest absolute Gasteiger partial charge is 0.308 e. The van der Waals surface area contributed by atoms with Crippen LogP contribution in [-0.4, -0.2) is 15.8 Å². The van der Waals surface area contributed by atoms with E-state index >= 15 is 0 Å². The molecule has 1 aromatic heterocycles. The van der Waals surface area contributed by atoms with E-state index in [2.05, 4.69) is 49.5 Å². The molecule has 0 radical (unpaired) electrons. The van der Waals surface area contributed by atoms with Crippen molar-refractivity contribution in [3.8, 4) is 5.69 Å². The molecule has 108 valence electrons. The minimum Gasteiger partial charge on any atom is -0.308 e. The van der Waals surface area contributed by atoms with Gasteiger partial charge >= 0.3 is 0 Å². The van der Waals surface area contributed by atoms with Crippen LogP contribution < -0.4 is 5.32 Å². The summed E-state index contributed by atoms with van der Waals surface area (Å²) in [6.07, 6.45) is 7.83. The minimum absolute atomic E-state index is 0.333. The van der Waals surface area contributed by atoms with Gasteiger partial charge in [-0.1, -0.05) is 38.0 Å². The second-order valence-electron chi connectivity index (χ2n) is 5.49. The van der Waals surface area contributed by atoms with Gasteiger partial charge in [-0.25, -0.2) is 4.68 Å². The van der Waals surface area contributed by atoms with Gasteiger partial charge in [0.15, 0.2) is 0 Å². The first-order chi connectivity index (χ1) is 9.70. The smallest absolute Gasteiger partial charge is 0.0645 e. The van der Waals surface area contributed by atoms with E-state index < -0.39 is 0 Å². The number of rotatable bonds is 7. The molecule has 1 aromatic carbocycles. The monoisotopic (exact) mass is 271 g/mol. The molecule has 0 aliphatic rings. The average Bonchev–Trinajstić information content (AvgIpc) is 2.96. The van der Waals surface area contributed by atoms with E-state index in [4.69, 9.17) is 0 Å². The maximum atomic E-state index is 4.45. The lowest BCUT2D eigenvalue weighted by molar-refractivity contribution is 0.444. The third-order valence-corrected chi connectivity index (χ3v) is 3.65. The van der Waals surface area contributed by atoms with Gasteiger partial charge < -0.3 is 5.32 Å². The SMILES string of the molecule is CCCCC(C)NC(C)c1cnn(-c2ccccc2)c1. The molecule has 2 atom stereocenters. The van der Waals surface area contributed by atoms with E-state index in [0.29, 0.717) is 12.1 Å². The van der Waals surface area contributed by atoms with Gasteiger partial charge in [0.25, 0.3) is 0 Å². The maximum absolute atomic E-state index is 4.45. The predicted molar refractivity (Wildman–Crippen MR) is 84.1 cm³/mol. The highest BCUT2D eigenvalue weighted by Gasteiger charge is 2.11. The fourth-order valence-electron chi connectivity index (χ4n) is 2.40. The van der Waals surface area contributed by atoms with E-state index in [9.17, 15) is 0 Å². The van der Waals surface area contributed by atoms with Crippen LogP contribution in [-0.2, 0) is 0 Å². The highest BCUT2D eigenvalue weighted by Crippen LogP contribution is 2.15. The van der Waals surface area contributed by atoms with E-state index in [1.165, 1.54) is 24.8 Å². The summed E-state index contributed by atoms with van der Waals surface area (Å²) in [5.74, 6) is 0. The van der Waals surface area contributed by atoms with E-state index in [1.807, 2.05) is 29.1 Å². The van der Waals surface area contributed by atoms with Crippen LogP contribution in [0.15, 0.2) is 42.7 Å². The summed E-state index contributed by atoms with van der Waals surface area (Å²) >= 11 is 0. The topological polar surface area (TPSA) is 29.9 Å². The van der Waals surface area contributed by atoms with Crippen molar-refractivity contribution in [2.45, 2.75) is 52.1 Å². The Morgan fingerprint density at radius 1 is 1.20 bits per heavy atom. The second kappa shape index (κ2) is 7.25. The van der Waals surface area contributed by atoms with E-state index in [1.54, 1.807) is 0 Å². The molecule has 0 aliphatic heterocycles. The van der Waals surface area contributed by atoms with Gasteiger partial charge in [0.05, 0.1) is 11.9 Å². The Morgan fingerprint density at radius 2 is 1.95 bits per heavy atom. The van der Waals surface area contributed by atoms with Gasteiger partial charge in [-0.2, -0.15) is 5.10 Å². The van der Waals surface area contributed by atoms with Gasteiger partial charge in [-0.15, -0.1) is 0 Å². The fraction of sp³-hybridized carbons (Fsp3) is 0.471. The first-order valence-electron chi connectivity index (χ1n) is 7.56. The van der Waals surface area contributed by atoms with Crippen LogP contribution in [0.3, 0.4) is 0 Å². The summed E-state index contributed by atoms with van der Waals surface area (Å²) in [5.41, 5.74) is 2.34. The predicted octanol–water partition coefficient (Wildman–Crippen LogP) is 4.10. The Kier molecular flexibility index (Phi) is 5.36. The Labute approximate surface area is 122 Å². The summed E-state index contributed by atoms with van der Waals surface area (Å²) < 4.78 is 1.93. The Hall–Kier alpha value is -1.61. The van der Waals surface area contributed by atoms with Crippen molar-refractivity contribution in [3.63, 3.8) is 0 Å². The van der Waals surface area contributed by atoms with Crippen LogP contribution in [0.4, 0.5) is 0 Å². The Balaban J connectivity index is 1.98. The molecular formula is C17H25N3. The Bertz CT molecular complexity index is 504. The quantitative estimate of drug-likeness (QED) is 0.821. The zero-order valence-corrected chi connectivity index (χ0v) is 12.7. The van der Waals surface area contributed by atoms with Crippen molar-refractivity contribution < 1.29 is 0 Å². The van der Waals surface area contributed by atoms with Crippen LogP contribution in [0, 0.1) is 0 Å². The zero-order chi connectivity index (χ0) is 14.4. The average molecular weight is 271 g/mol. The van der Waals surface area contributed by atoms with Gasteiger partial charge in [0.1, 0.15) is 0 Å².